The van der Waals surface area contributed by atoms with E-state index in [1.165, 1.54) is 11.8 Å². The van der Waals surface area contributed by atoms with E-state index in [1.54, 1.807) is 0 Å². The van der Waals surface area contributed by atoms with Gasteiger partial charge in [0.25, 0.3) is 0 Å². The van der Waals surface area contributed by atoms with E-state index in [-0.39, 0.29) is 12.7 Å². The van der Waals surface area contributed by atoms with E-state index in [0.29, 0.717) is 25.9 Å². The number of carbonyl (C=O) groups excluding carboxylic acids is 1. The van der Waals surface area contributed by atoms with E-state index >= 15 is 0 Å². The van der Waals surface area contributed by atoms with Crippen LogP contribution in [0.1, 0.15) is 26.2 Å². The second-order valence-corrected chi connectivity index (χ2v) is 5.06. The molecule has 1 atom stereocenters. The highest BCUT2D eigenvalue weighted by molar-refractivity contribution is 5.74. The number of ether oxygens (including phenoxy) is 1. The molecule has 0 bridgehead atoms. The number of urea groups is 1. The van der Waals surface area contributed by atoms with Crippen LogP contribution in [-0.2, 0) is 9.53 Å². The normalized spacial score (nSPS) is 18.4. The lowest BCUT2D eigenvalue weighted by Gasteiger charge is -2.32. The minimum Gasteiger partial charge on any atom is -0.480 e. The lowest BCUT2D eigenvalue weighted by Crippen LogP contribution is -2.49. The summed E-state index contributed by atoms with van der Waals surface area (Å²) in [5, 5.41) is 10.8. The highest BCUT2D eigenvalue weighted by Crippen LogP contribution is 2.21. The summed E-state index contributed by atoms with van der Waals surface area (Å²) in [5.41, 5.74) is 0. The summed E-state index contributed by atoms with van der Waals surface area (Å²) < 4.78 is 41.6. The maximum Gasteiger partial charge on any atom is 0.391 e. The summed E-state index contributed by atoms with van der Waals surface area (Å²) in [5.74, 6) is -1.06. The van der Waals surface area contributed by atoms with Gasteiger partial charge in [-0.25, -0.2) is 9.59 Å². The van der Waals surface area contributed by atoms with Gasteiger partial charge in [0.1, 0.15) is 6.61 Å². The maximum absolute atomic E-state index is 12.2. The molecule has 1 aliphatic rings. The van der Waals surface area contributed by atoms with E-state index in [1.807, 2.05) is 0 Å². The lowest BCUT2D eigenvalue weighted by atomic mass is 10.1. The summed E-state index contributed by atoms with van der Waals surface area (Å²) in [7, 11) is 0. The number of nitrogens with zero attached hydrogens (tertiary/aromatic N) is 1. The van der Waals surface area contributed by atoms with Crippen LogP contribution in [0.2, 0.25) is 0 Å². The zero-order valence-electron chi connectivity index (χ0n) is 11.7. The van der Waals surface area contributed by atoms with Crippen LogP contribution in [0, 0.1) is 0 Å². The van der Waals surface area contributed by atoms with Crippen LogP contribution in [0.15, 0.2) is 0 Å². The van der Waals surface area contributed by atoms with Crippen molar-refractivity contribution in [2.75, 3.05) is 19.7 Å². The van der Waals surface area contributed by atoms with Gasteiger partial charge in [-0.3, -0.25) is 0 Å². The van der Waals surface area contributed by atoms with Crippen LogP contribution >= 0.6 is 0 Å². The number of hydrogen-bond donors (Lipinski definition) is 2. The number of hydrogen-bond acceptors (Lipinski definition) is 3. The monoisotopic (exact) mass is 312 g/mol. The van der Waals surface area contributed by atoms with Crippen LogP contribution in [-0.4, -0.2) is 60.0 Å². The first-order chi connectivity index (χ1) is 9.67. The molecule has 1 heterocycles. The largest absolute Gasteiger partial charge is 0.480 e. The summed E-state index contributed by atoms with van der Waals surface area (Å²) in [4.78, 5) is 23.5. The molecule has 1 saturated heterocycles. The van der Waals surface area contributed by atoms with Crippen molar-refractivity contribution in [2.45, 2.75) is 44.5 Å². The van der Waals surface area contributed by atoms with Crippen molar-refractivity contribution >= 4 is 12.0 Å². The molecule has 0 spiro atoms. The van der Waals surface area contributed by atoms with Gasteiger partial charge in [0, 0.05) is 19.1 Å². The van der Waals surface area contributed by atoms with Gasteiger partial charge in [0.05, 0.1) is 12.5 Å². The Labute approximate surface area is 120 Å². The van der Waals surface area contributed by atoms with E-state index in [4.69, 9.17) is 9.84 Å². The number of nitrogens with one attached hydrogen (secondary N) is 1. The number of carbonyl (C=O) groups is 2. The van der Waals surface area contributed by atoms with Crippen molar-refractivity contribution < 1.29 is 32.6 Å². The average Bonchev–Trinajstić information content (AvgIpc) is 2.34. The number of aliphatic carboxylic acids is 1. The predicted octanol–water partition coefficient (Wildman–Crippen LogP) is 1.60. The Morgan fingerprint density at radius 2 is 1.95 bits per heavy atom. The number of amides is 2. The molecule has 2 amide bonds. The topological polar surface area (TPSA) is 78.9 Å². The summed E-state index contributed by atoms with van der Waals surface area (Å²) >= 11 is 0. The zero-order valence-corrected chi connectivity index (χ0v) is 11.7. The van der Waals surface area contributed by atoms with Crippen LogP contribution in [0.3, 0.4) is 0 Å². The van der Waals surface area contributed by atoms with Crippen LogP contribution in [0.5, 0.6) is 0 Å². The van der Waals surface area contributed by atoms with E-state index in [0.717, 1.165) is 0 Å². The number of likely N-dealkylation sites (tertiary alicyclic amines) is 1. The molecular formula is C12H19F3N2O4. The van der Waals surface area contributed by atoms with Gasteiger partial charge in [-0.1, -0.05) is 0 Å². The second-order valence-electron chi connectivity index (χ2n) is 5.06. The molecule has 0 aromatic rings. The van der Waals surface area contributed by atoms with Gasteiger partial charge in [-0.15, -0.1) is 0 Å². The first-order valence-corrected chi connectivity index (χ1v) is 6.63. The van der Waals surface area contributed by atoms with Gasteiger partial charge in [-0.05, 0) is 19.8 Å². The maximum atomic E-state index is 12.2. The molecule has 2 N–H and O–H groups in total. The quantitative estimate of drug-likeness (QED) is 0.808. The molecule has 9 heteroatoms. The Kier molecular flexibility index (Phi) is 6.25. The van der Waals surface area contributed by atoms with Crippen molar-refractivity contribution in [3.63, 3.8) is 0 Å². The Morgan fingerprint density at radius 3 is 2.43 bits per heavy atom. The molecule has 6 nitrogen and oxygen atoms in total. The van der Waals surface area contributed by atoms with Crippen LogP contribution in [0.25, 0.3) is 0 Å². The van der Waals surface area contributed by atoms with Gasteiger partial charge in [0.2, 0.25) is 0 Å². The number of carboxylic acids is 1. The molecule has 1 rings (SSSR count). The molecule has 0 radical (unpaired) electrons. The smallest absolute Gasteiger partial charge is 0.391 e. The number of carboxylic acid groups (broad SMARTS) is 1. The highest BCUT2D eigenvalue weighted by atomic mass is 19.4. The third-order valence-corrected chi connectivity index (χ3v) is 3.08. The number of rotatable bonds is 5. The predicted molar refractivity (Wildman–Crippen MR) is 66.8 cm³/mol. The van der Waals surface area contributed by atoms with E-state index in [9.17, 15) is 22.8 Å². The van der Waals surface area contributed by atoms with Crippen molar-refractivity contribution in [3.05, 3.63) is 0 Å². The fourth-order valence-corrected chi connectivity index (χ4v) is 2.11. The average molecular weight is 312 g/mol. The molecule has 122 valence electrons. The van der Waals surface area contributed by atoms with Crippen molar-refractivity contribution in [3.8, 4) is 0 Å². The fourth-order valence-electron chi connectivity index (χ4n) is 2.11. The summed E-state index contributed by atoms with van der Waals surface area (Å²) in [6.07, 6.45) is -4.69. The van der Waals surface area contributed by atoms with Crippen LogP contribution < -0.4 is 5.32 Å². The molecule has 1 aliphatic heterocycles. The molecule has 0 saturated carbocycles. The molecule has 1 fully saturated rings. The Hall–Kier alpha value is -1.51. The van der Waals surface area contributed by atoms with Crippen molar-refractivity contribution in [2.24, 2.45) is 0 Å². The van der Waals surface area contributed by atoms with Crippen molar-refractivity contribution in [1.82, 2.24) is 10.2 Å². The summed E-state index contributed by atoms with van der Waals surface area (Å²) in [6, 6.07) is -1.53. The number of halogens is 3. The minimum atomic E-state index is -4.32. The molecular weight excluding hydrogens is 293 g/mol. The van der Waals surface area contributed by atoms with Gasteiger partial charge in [-0.2, -0.15) is 13.2 Å². The number of alkyl halides is 3. The molecule has 0 aromatic carbocycles. The molecule has 21 heavy (non-hydrogen) atoms. The van der Waals surface area contributed by atoms with Gasteiger partial charge >= 0.3 is 18.2 Å². The first-order valence-electron chi connectivity index (χ1n) is 6.63. The Morgan fingerprint density at radius 1 is 1.38 bits per heavy atom. The standard InChI is InChI=1S/C12H19F3N2O4/c1-8(6-12(13,14)15)16-11(20)17-4-2-9(3-5-17)21-7-10(18)19/h8-9H,2-7H2,1H3,(H,16,20)(H,18,19). The third-order valence-electron chi connectivity index (χ3n) is 3.08. The summed E-state index contributed by atoms with van der Waals surface area (Å²) in [6.45, 7) is 1.57. The zero-order chi connectivity index (χ0) is 16.0. The van der Waals surface area contributed by atoms with Crippen molar-refractivity contribution in [1.29, 1.82) is 0 Å². The SMILES string of the molecule is CC(CC(F)(F)F)NC(=O)N1CCC(OCC(=O)O)CC1. The minimum absolute atomic E-state index is 0.238. The molecule has 0 aliphatic carbocycles. The Balaban J connectivity index is 2.30. The fraction of sp³-hybridized carbons (Fsp3) is 0.833. The third kappa shape index (κ3) is 7.16. The number of piperidine rings is 1. The first kappa shape index (κ1) is 17.5. The Bertz CT molecular complexity index is 368. The highest BCUT2D eigenvalue weighted by Gasteiger charge is 2.31. The lowest BCUT2D eigenvalue weighted by molar-refractivity contribution is -0.145. The molecule has 0 aromatic heterocycles. The molecule has 1 unspecified atom stereocenters. The van der Waals surface area contributed by atoms with E-state index in [2.05, 4.69) is 5.32 Å². The second kappa shape index (κ2) is 7.48. The van der Waals surface area contributed by atoms with Crippen LogP contribution in [0.4, 0.5) is 18.0 Å². The van der Waals surface area contributed by atoms with Gasteiger partial charge < -0.3 is 20.1 Å². The van der Waals surface area contributed by atoms with Gasteiger partial charge in [0.15, 0.2) is 0 Å². The van der Waals surface area contributed by atoms with E-state index < -0.39 is 30.6 Å².